The number of hydrogen-bond donors (Lipinski definition) is 3. The lowest BCUT2D eigenvalue weighted by Gasteiger charge is -2.52. The van der Waals surface area contributed by atoms with Gasteiger partial charge in [0.25, 0.3) is 11.8 Å². The molecule has 43 heavy (non-hydrogen) atoms. The third-order valence-corrected chi connectivity index (χ3v) is 8.32. The average Bonchev–Trinajstić information content (AvgIpc) is 3.45. The summed E-state index contributed by atoms with van der Waals surface area (Å²) < 4.78 is 52.1. The molecule has 2 amide bonds. The monoisotopic (exact) mass is 618 g/mol. The van der Waals surface area contributed by atoms with Gasteiger partial charge in [0.1, 0.15) is 23.8 Å². The number of amides is 2. The number of nitrogens with zero attached hydrogens (tertiary/aromatic N) is 3. The molecule has 3 heterocycles. The largest absolute Gasteiger partial charge is 0.482 e. The predicted molar refractivity (Wildman–Crippen MR) is 149 cm³/mol. The lowest BCUT2D eigenvalue weighted by Crippen LogP contribution is -2.70. The molecule has 3 aromatic rings. The second-order valence-electron chi connectivity index (χ2n) is 10.2. The summed E-state index contributed by atoms with van der Waals surface area (Å²) in [5.74, 6) is -3.74. The molecule has 2 aromatic carbocycles. The number of likely N-dealkylation sites (N-methyl/N-ethyl adjacent to an activating group) is 1. The van der Waals surface area contributed by atoms with Crippen LogP contribution in [0.3, 0.4) is 0 Å². The van der Waals surface area contributed by atoms with Gasteiger partial charge < -0.3 is 29.5 Å². The van der Waals surface area contributed by atoms with Gasteiger partial charge in [0.05, 0.1) is 19.4 Å². The Bertz CT molecular complexity index is 1660. The van der Waals surface area contributed by atoms with Crippen molar-refractivity contribution in [2.45, 2.75) is 25.2 Å². The third kappa shape index (κ3) is 6.04. The summed E-state index contributed by atoms with van der Waals surface area (Å²) in [6.45, 7) is -0.590. The number of benzene rings is 2. The minimum absolute atomic E-state index is 0.00640. The molecular weight excluding hydrogens is 589 g/mol. The van der Waals surface area contributed by atoms with E-state index in [0.717, 1.165) is 6.07 Å². The van der Waals surface area contributed by atoms with Crippen LogP contribution >= 0.6 is 7.60 Å². The molecule has 0 aliphatic carbocycles. The highest BCUT2D eigenvalue weighted by Crippen LogP contribution is 2.39. The van der Waals surface area contributed by atoms with Crippen LogP contribution in [0.2, 0.25) is 0 Å². The number of carbonyl (C=O) groups excluding carboxylic acids is 2. The third-order valence-electron chi connectivity index (χ3n) is 7.54. The summed E-state index contributed by atoms with van der Waals surface area (Å²) in [5.41, 5.74) is -2.11. The van der Waals surface area contributed by atoms with Gasteiger partial charge in [0, 0.05) is 44.4 Å². The number of hydrogen-bond acceptors (Lipinski definition) is 7. The van der Waals surface area contributed by atoms with Gasteiger partial charge in [-0.1, -0.05) is 36.4 Å². The maximum absolute atomic E-state index is 14.2. The molecule has 1 atom stereocenters. The SMILES string of the molecule is CN1n2cc(C(=O)NCc3ccc(F)cc3F)c(=O)c(OCc3ccccc3)c2C(=O)N(CCP(=O)(O)O)C12CCOC2. The molecule has 1 aromatic heterocycles. The maximum atomic E-state index is 14.2. The topological polar surface area (TPSA) is 151 Å². The van der Waals surface area contributed by atoms with E-state index >= 15 is 0 Å². The number of ether oxygens (including phenoxy) is 2. The Balaban J connectivity index is 1.58. The van der Waals surface area contributed by atoms with E-state index in [1.165, 1.54) is 21.8 Å². The Hall–Kier alpha value is -4.10. The first kappa shape index (κ1) is 30.4. The van der Waals surface area contributed by atoms with Gasteiger partial charge in [-0.05, 0) is 11.6 Å². The van der Waals surface area contributed by atoms with Gasteiger partial charge in [-0.15, -0.1) is 0 Å². The zero-order chi connectivity index (χ0) is 30.9. The molecule has 228 valence electrons. The number of fused-ring (bicyclic) bond motifs is 1. The number of aromatic nitrogens is 1. The minimum atomic E-state index is -4.51. The lowest BCUT2D eigenvalue weighted by atomic mass is 10.0. The summed E-state index contributed by atoms with van der Waals surface area (Å²) in [5, 5.41) is 4.03. The van der Waals surface area contributed by atoms with Crippen LogP contribution in [-0.4, -0.2) is 69.8 Å². The quantitative estimate of drug-likeness (QED) is 0.306. The molecule has 1 fully saturated rings. The fourth-order valence-electron chi connectivity index (χ4n) is 5.22. The van der Waals surface area contributed by atoms with Crippen molar-refractivity contribution in [1.82, 2.24) is 14.9 Å². The van der Waals surface area contributed by atoms with Crippen LogP contribution < -0.4 is 20.5 Å². The Labute approximate surface area is 244 Å². The summed E-state index contributed by atoms with van der Waals surface area (Å²) in [6.07, 6.45) is 0.814. The molecule has 2 aliphatic heterocycles. The van der Waals surface area contributed by atoms with Crippen molar-refractivity contribution in [2.75, 3.05) is 38.0 Å². The first-order valence-electron chi connectivity index (χ1n) is 13.3. The molecule has 0 bridgehead atoms. The number of pyridine rings is 1. The van der Waals surface area contributed by atoms with E-state index in [1.54, 1.807) is 42.4 Å². The molecule has 0 radical (unpaired) electrons. The molecule has 1 saturated heterocycles. The van der Waals surface area contributed by atoms with Gasteiger partial charge in [0.2, 0.25) is 5.43 Å². The van der Waals surface area contributed by atoms with Crippen molar-refractivity contribution >= 4 is 19.4 Å². The second kappa shape index (κ2) is 11.9. The fraction of sp³-hybridized carbons (Fsp3) is 0.321. The van der Waals surface area contributed by atoms with Crippen molar-refractivity contribution in [1.29, 1.82) is 0 Å². The second-order valence-corrected chi connectivity index (χ2v) is 12.0. The van der Waals surface area contributed by atoms with E-state index < -0.39 is 59.6 Å². The van der Waals surface area contributed by atoms with E-state index in [0.29, 0.717) is 11.6 Å². The standard InChI is InChI=1S/C28H29F2N4O8P/c1-32-28(9-11-41-17-28)33(10-12-43(38,39)40)27(37)23-25(42-16-18-5-3-2-4-6-18)24(35)21(15-34(23)32)26(36)31-14-19-7-8-20(29)13-22(19)30/h2-8,13,15H,9-12,14,16-17H2,1H3,(H,31,36)(H2,38,39,40). The smallest absolute Gasteiger partial charge is 0.327 e. The number of rotatable bonds is 9. The van der Waals surface area contributed by atoms with Crippen LogP contribution in [0, 0.1) is 11.6 Å². The van der Waals surface area contributed by atoms with Crippen LogP contribution in [0.5, 0.6) is 5.75 Å². The summed E-state index contributed by atoms with van der Waals surface area (Å²) in [6, 6.07) is 11.7. The molecule has 3 N–H and O–H groups in total. The normalized spacial score (nSPS) is 18.2. The van der Waals surface area contributed by atoms with E-state index in [9.17, 15) is 37.5 Å². The molecule has 1 unspecified atom stereocenters. The van der Waals surface area contributed by atoms with Crippen molar-refractivity contribution < 1.29 is 42.2 Å². The Morgan fingerprint density at radius 3 is 2.56 bits per heavy atom. The molecule has 15 heteroatoms. The Morgan fingerprint density at radius 2 is 1.91 bits per heavy atom. The van der Waals surface area contributed by atoms with Gasteiger partial charge in [-0.2, -0.15) is 0 Å². The van der Waals surface area contributed by atoms with Gasteiger partial charge >= 0.3 is 7.60 Å². The van der Waals surface area contributed by atoms with Crippen LogP contribution in [-0.2, 0) is 22.5 Å². The summed E-state index contributed by atoms with van der Waals surface area (Å²) in [4.78, 5) is 61.5. The zero-order valence-corrected chi connectivity index (χ0v) is 23.9. The Morgan fingerprint density at radius 1 is 1.16 bits per heavy atom. The molecular formula is C28H29F2N4O8P. The van der Waals surface area contributed by atoms with Gasteiger partial charge in [-0.3, -0.25) is 28.6 Å². The summed E-state index contributed by atoms with van der Waals surface area (Å²) in [7, 11) is -2.91. The molecule has 2 aliphatic rings. The van der Waals surface area contributed by atoms with Crippen molar-refractivity contribution in [3.05, 3.63) is 99.0 Å². The van der Waals surface area contributed by atoms with Crippen LogP contribution in [0.25, 0.3) is 0 Å². The van der Waals surface area contributed by atoms with E-state index in [2.05, 4.69) is 5.32 Å². The van der Waals surface area contributed by atoms with Crippen LogP contribution in [0.4, 0.5) is 8.78 Å². The summed E-state index contributed by atoms with van der Waals surface area (Å²) >= 11 is 0. The highest BCUT2D eigenvalue weighted by Gasteiger charge is 2.53. The van der Waals surface area contributed by atoms with Gasteiger partial charge in [-0.25, -0.2) is 8.78 Å². The predicted octanol–water partition coefficient (Wildman–Crippen LogP) is 1.95. The highest BCUT2D eigenvalue weighted by atomic mass is 31.2. The first-order valence-corrected chi connectivity index (χ1v) is 15.1. The molecule has 1 spiro atoms. The van der Waals surface area contributed by atoms with Crippen LogP contribution in [0.15, 0.2) is 59.5 Å². The average molecular weight is 619 g/mol. The Kier molecular flexibility index (Phi) is 8.39. The molecule has 0 saturated carbocycles. The van der Waals surface area contributed by atoms with Crippen molar-refractivity contribution in [3.63, 3.8) is 0 Å². The molecule has 5 rings (SSSR count). The lowest BCUT2D eigenvalue weighted by molar-refractivity contribution is 0.0242. The van der Waals surface area contributed by atoms with E-state index in [-0.39, 0.29) is 50.6 Å². The van der Waals surface area contributed by atoms with Crippen molar-refractivity contribution in [2.24, 2.45) is 0 Å². The highest BCUT2D eigenvalue weighted by molar-refractivity contribution is 7.51. The minimum Gasteiger partial charge on any atom is -0.482 e. The maximum Gasteiger partial charge on any atom is 0.327 e. The van der Waals surface area contributed by atoms with E-state index in [1.807, 2.05) is 0 Å². The zero-order valence-electron chi connectivity index (χ0n) is 23.0. The number of nitrogens with one attached hydrogen (secondary N) is 1. The number of carbonyl (C=O) groups is 2. The van der Waals surface area contributed by atoms with E-state index in [4.69, 9.17) is 9.47 Å². The van der Waals surface area contributed by atoms with Gasteiger partial charge in [0.15, 0.2) is 17.1 Å². The van der Waals surface area contributed by atoms with Crippen molar-refractivity contribution in [3.8, 4) is 5.75 Å². The molecule has 12 nitrogen and oxygen atoms in total. The van der Waals surface area contributed by atoms with Crippen LogP contribution in [0.1, 0.15) is 38.4 Å². The first-order chi connectivity index (χ1) is 20.4. The number of halogens is 2. The fourth-order valence-corrected chi connectivity index (χ4v) is 5.68.